The number of anilines is 1. The van der Waals surface area contributed by atoms with Crippen molar-refractivity contribution >= 4 is 29.4 Å². The van der Waals surface area contributed by atoms with Gasteiger partial charge in [0.15, 0.2) is 0 Å². The number of nitrogens with one attached hydrogen (secondary N) is 1. The molecule has 0 aromatic heterocycles. The minimum Gasteiger partial charge on any atom is -0.444 e. The van der Waals surface area contributed by atoms with E-state index in [1.165, 1.54) is 0 Å². The van der Waals surface area contributed by atoms with E-state index in [0.29, 0.717) is 18.8 Å². The summed E-state index contributed by atoms with van der Waals surface area (Å²) in [6, 6.07) is 9.43. The Morgan fingerprint density at radius 1 is 1.23 bits per heavy atom. The smallest absolute Gasteiger partial charge is 0.411 e. The predicted molar refractivity (Wildman–Crippen MR) is 104 cm³/mol. The second-order valence-electron chi connectivity index (χ2n) is 7.73. The van der Waals surface area contributed by atoms with Crippen LogP contribution in [0.15, 0.2) is 30.3 Å². The maximum Gasteiger partial charge on any atom is 0.411 e. The third-order valence-electron chi connectivity index (χ3n) is 4.42. The van der Waals surface area contributed by atoms with Gasteiger partial charge in [0.1, 0.15) is 11.6 Å². The molecular formula is C19H27N3O3S. The molecule has 2 heterocycles. The molecule has 0 radical (unpaired) electrons. The monoisotopic (exact) mass is 377 g/mol. The summed E-state index contributed by atoms with van der Waals surface area (Å²) < 4.78 is 5.55. The molecule has 0 bridgehead atoms. The number of carbonyl (C=O) groups excluding carboxylic acids is 2. The van der Waals surface area contributed by atoms with Gasteiger partial charge in [-0.15, -0.1) is 11.8 Å². The molecular weight excluding hydrogens is 350 g/mol. The van der Waals surface area contributed by atoms with Gasteiger partial charge in [0.2, 0.25) is 5.91 Å². The van der Waals surface area contributed by atoms with Gasteiger partial charge in [-0.3, -0.25) is 9.69 Å². The van der Waals surface area contributed by atoms with E-state index < -0.39 is 17.7 Å². The number of hydrogen-bond acceptors (Lipinski definition) is 5. The van der Waals surface area contributed by atoms with E-state index in [0.717, 1.165) is 18.0 Å². The Balaban J connectivity index is 1.74. The molecule has 142 valence electrons. The Morgan fingerprint density at radius 2 is 1.96 bits per heavy atom. The average Bonchev–Trinajstić information content (AvgIpc) is 3.23. The van der Waals surface area contributed by atoms with Gasteiger partial charge < -0.3 is 15.0 Å². The van der Waals surface area contributed by atoms with Gasteiger partial charge in [0, 0.05) is 30.6 Å². The second kappa shape index (κ2) is 7.78. The van der Waals surface area contributed by atoms with Crippen molar-refractivity contribution in [1.29, 1.82) is 0 Å². The molecule has 0 spiro atoms. The van der Waals surface area contributed by atoms with E-state index in [2.05, 4.69) is 5.32 Å². The van der Waals surface area contributed by atoms with Crippen LogP contribution in [0.4, 0.5) is 10.5 Å². The van der Waals surface area contributed by atoms with E-state index in [-0.39, 0.29) is 11.9 Å². The molecule has 0 unspecified atom stereocenters. The second-order valence-corrected chi connectivity index (χ2v) is 8.81. The van der Waals surface area contributed by atoms with Crippen molar-refractivity contribution in [2.24, 2.45) is 0 Å². The Hall–Kier alpha value is -1.89. The summed E-state index contributed by atoms with van der Waals surface area (Å²) in [4.78, 5) is 29.1. The molecule has 1 N–H and O–H groups in total. The van der Waals surface area contributed by atoms with E-state index in [1.54, 1.807) is 16.7 Å². The Morgan fingerprint density at radius 3 is 2.58 bits per heavy atom. The summed E-state index contributed by atoms with van der Waals surface area (Å²) in [7, 11) is 0. The van der Waals surface area contributed by atoms with Crippen LogP contribution < -0.4 is 5.32 Å². The van der Waals surface area contributed by atoms with Gasteiger partial charge in [-0.05, 0) is 39.3 Å². The molecule has 2 atom stereocenters. The highest BCUT2D eigenvalue weighted by molar-refractivity contribution is 7.99. The lowest BCUT2D eigenvalue weighted by molar-refractivity contribution is -0.134. The molecule has 2 aliphatic heterocycles. The van der Waals surface area contributed by atoms with Gasteiger partial charge in [0.05, 0.1) is 5.88 Å². The summed E-state index contributed by atoms with van der Waals surface area (Å²) in [5, 5.41) is 3.44. The van der Waals surface area contributed by atoms with E-state index in [1.807, 2.05) is 56.0 Å². The van der Waals surface area contributed by atoms with Crippen LogP contribution in [-0.4, -0.2) is 64.2 Å². The standard InChI is InChI=1S/C19H27N3O3S/c1-19(2,3)25-18(24)22-12-15(20-14-7-5-4-6-8-14)11-16(22)17(23)21-9-10-26-13-21/h4-8,15-16,20H,9-13H2,1-3H3/t15-,16-/m0/s1. The van der Waals surface area contributed by atoms with Crippen LogP contribution in [0.3, 0.4) is 0 Å². The number of thioether (sulfide) groups is 1. The molecule has 2 aliphatic rings. The molecule has 2 fully saturated rings. The first-order chi connectivity index (χ1) is 12.3. The lowest BCUT2D eigenvalue weighted by Gasteiger charge is -2.29. The van der Waals surface area contributed by atoms with Crippen molar-refractivity contribution in [3.63, 3.8) is 0 Å². The largest absolute Gasteiger partial charge is 0.444 e. The Bertz CT molecular complexity index is 641. The SMILES string of the molecule is CC(C)(C)OC(=O)N1C[C@@H](Nc2ccccc2)C[C@H]1C(=O)N1CCSC1. The third-order valence-corrected chi connectivity index (χ3v) is 5.39. The third kappa shape index (κ3) is 4.63. The Kier molecular flexibility index (Phi) is 5.65. The molecule has 2 amide bonds. The first kappa shape index (κ1) is 18.9. The zero-order valence-electron chi connectivity index (χ0n) is 15.6. The van der Waals surface area contributed by atoms with Crippen LogP contribution in [0.5, 0.6) is 0 Å². The van der Waals surface area contributed by atoms with Crippen LogP contribution >= 0.6 is 11.8 Å². The predicted octanol–water partition coefficient (Wildman–Crippen LogP) is 3.01. The molecule has 0 saturated carbocycles. The topological polar surface area (TPSA) is 61.9 Å². The van der Waals surface area contributed by atoms with Crippen LogP contribution in [0.2, 0.25) is 0 Å². The van der Waals surface area contributed by atoms with Gasteiger partial charge in [0.25, 0.3) is 0 Å². The van der Waals surface area contributed by atoms with Gasteiger partial charge in [-0.1, -0.05) is 18.2 Å². The fraction of sp³-hybridized carbons (Fsp3) is 0.579. The number of amides is 2. The number of rotatable bonds is 3. The number of carbonyl (C=O) groups is 2. The highest BCUT2D eigenvalue weighted by Gasteiger charge is 2.43. The van der Waals surface area contributed by atoms with Crippen molar-refractivity contribution in [2.45, 2.75) is 44.9 Å². The maximum absolute atomic E-state index is 13.0. The highest BCUT2D eigenvalue weighted by atomic mass is 32.2. The lowest BCUT2D eigenvalue weighted by Crippen LogP contribution is -2.48. The van der Waals surface area contributed by atoms with Crippen molar-refractivity contribution in [3.8, 4) is 0 Å². The quantitative estimate of drug-likeness (QED) is 0.877. The summed E-state index contributed by atoms with van der Waals surface area (Å²) in [6.45, 7) is 6.73. The van der Waals surface area contributed by atoms with Crippen molar-refractivity contribution in [2.75, 3.05) is 30.0 Å². The highest BCUT2D eigenvalue weighted by Crippen LogP contribution is 2.27. The summed E-state index contributed by atoms with van der Waals surface area (Å²) >= 11 is 1.75. The average molecular weight is 378 g/mol. The molecule has 2 saturated heterocycles. The first-order valence-corrected chi connectivity index (χ1v) is 10.2. The molecule has 3 rings (SSSR count). The van der Waals surface area contributed by atoms with Crippen molar-refractivity contribution in [1.82, 2.24) is 9.80 Å². The zero-order chi connectivity index (χ0) is 18.7. The molecule has 7 heteroatoms. The first-order valence-electron chi connectivity index (χ1n) is 9.01. The van der Waals surface area contributed by atoms with Gasteiger partial charge >= 0.3 is 6.09 Å². The Labute approximate surface area is 159 Å². The van der Waals surface area contributed by atoms with Crippen molar-refractivity contribution in [3.05, 3.63) is 30.3 Å². The van der Waals surface area contributed by atoms with Crippen LogP contribution in [-0.2, 0) is 9.53 Å². The van der Waals surface area contributed by atoms with E-state index in [9.17, 15) is 9.59 Å². The normalized spacial score (nSPS) is 23.2. The fourth-order valence-corrected chi connectivity index (χ4v) is 4.22. The van der Waals surface area contributed by atoms with Crippen LogP contribution in [0, 0.1) is 0 Å². The number of likely N-dealkylation sites (tertiary alicyclic amines) is 1. The molecule has 1 aromatic carbocycles. The minimum atomic E-state index is -0.584. The fourth-order valence-electron chi connectivity index (χ4n) is 3.27. The van der Waals surface area contributed by atoms with Crippen LogP contribution in [0.25, 0.3) is 0 Å². The minimum absolute atomic E-state index is 0.0223. The number of para-hydroxylation sites is 1. The van der Waals surface area contributed by atoms with Gasteiger partial charge in [-0.2, -0.15) is 0 Å². The summed E-state index contributed by atoms with van der Waals surface area (Å²) in [6.07, 6.45) is 0.175. The van der Waals surface area contributed by atoms with E-state index >= 15 is 0 Å². The lowest BCUT2D eigenvalue weighted by atomic mass is 10.1. The number of hydrogen-bond donors (Lipinski definition) is 1. The van der Waals surface area contributed by atoms with Gasteiger partial charge in [-0.25, -0.2) is 4.79 Å². The van der Waals surface area contributed by atoms with E-state index in [4.69, 9.17) is 4.74 Å². The number of ether oxygens (including phenoxy) is 1. The zero-order valence-corrected chi connectivity index (χ0v) is 16.4. The summed E-state index contributed by atoms with van der Waals surface area (Å²) in [5.74, 6) is 1.68. The van der Waals surface area contributed by atoms with Crippen molar-refractivity contribution < 1.29 is 14.3 Å². The molecule has 0 aliphatic carbocycles. The number of benzene rings is 1. The molecule has 26 heavy (non-hydrogen) atoms. The summed E-state index contributed by atoms with van der Waals surface area (Å²) in [5.41, 5.74) is 0.408. The molecule has 6 nitrogen and oxygen atoms in total. The molecule has 1 aromatic rings. The maximum atomic E-state index is 13.0. The number of nitrogens with zero attached hydrogens (tertiary/aromatic N) is 2. The van der Waals surface area contributed by atoms with Crippen LogP contribution in [0.1, 0.15) is 27.2 Å².